The maximum absolute atomic E-state index is 5.61. The molecule has 0 radical (unpaired) electrons. The van der Waals surface area contributed by atoms with Gasteiger partial charge in [0.15, 0.2) is 0 Å². The van der Waals surface area contributed by atoms with E-state index in [2.05, 4.69) is 21.0 Å². The van der Waals surface area contributed by atoms with E-state index in [1.54, 1.807) is 0 Å². The molecule has 148 valence electrons. The van der Waals surface area contributed by atoms with Crippen LogP contribution >= 0.6 is 0 Å². The molecule has 0 saturated heterocycles. The Balaban J connectivity index is 0. The minimum Gasteiger partial charge on any atom is -1.00 e. The van der Waals surface area contributed by atoms with Gasteiger partial charge in [-0.15, -0.1) is 0 Å². The van der Waals surface area contributed by atoms with E-state index in [0.29, 0.717) is 0 Å². The molecule has 0 fully saturated rings. The Morgan fingerprint density at radius 1 is 0.542 bits per heavy atom. The summed E-state index contributed by atoms with van der Waals surface area (Å²) >= 11 is 0. The van der Waals surface area contributed by atoms with Crippen molar-refractivity contribution in [2.75, 3.05) is 33.7 Å². The molecule has 0 spiro atoms. The fourth-order valence-electron chi connectivity index (χ4n) is 3.37. The Kier molecular flexibility index (Phi) is 21.5. The number of nitrogens with two attached hydrogens (primary N) is 1. The molecule has 0 bridgehead atoms. The molecule has 0 amide bonds. The van der Waals surface area contributed by atoms with E-state index in [-0.39, 0.29) is 12.4 Å². The van der Waals surface area contributed by atoms with E-state index >= 15 is 0 Å². The third-order valence-corrected chi connectivity index (χ3v) is 5.08. The maximum atomic E-state index is 5.61. The molecule has 0 aromatic carbocycles. The highest BCUT2D eigenvalue weighted by atomic mass is 35.5. The highest BCUT2D eigenvalue weighted by Crippen LogP contribution is 2.13. The van der Waals surface area contributed by atoms with Crippen LogP contribution in [0.4, 0.5) is 0 Å². The minimum atomic E-state index is 0. The molecule has 24 heavy (non-hydrogen) atoms. The van der Waals surface area contributed by atoms with Crippen molar-refractivity contribution < 1.29 is 16.9 Å². The van der Waals surface area contributed by atoms with Crippen LogP contribution in [0.5, 0.6) is 0 Å². The van der Waals surface area contributed by atoms with Gasteiger partial charge in [0.2, 0.25) is 0 Å². The molecule has 0 aliphatic carbocycles. The molecule has 0 unspecified atom stereocenters. The smallest absolute Gasteiger partial charge is 0.0794 e. The summed E-state index contributed by atoms with van der Waals surface area (Å²) in [6.45, 7) is 5.68. The van der Waals surface area contributed by atoms with Crippen LogP contribution in [0.1, 0.15) is 103 Å². The number of quaternary nitrogens is 1. The third kappa shape index (κ3) is 20.3. The number of hydrogen-bond donors (Lipinski definition) is 1. The fourth-order valence-corrected chi connectivity index (χ4v) is 3.37. The summed E-state index contributed by atoms with van der Waals surface area (Å²) in [7, 11) is 4.69. The normalized spacial score (nSPS) is 11.5. The number of nitrogens with zero attached hydrogens (tertiary/aromatic N) is 1. The molecular weight excluding hydrogens is 316 g/mol. The van der Waals surface area contributed by atoms with Gasteiger partial charge in [0.1, 0.15) is 0 Å². The van der Waals surface area contributed by atoms with Gasteiger partial charge in [-0.2, -0.15) is 0 Å². The molecule has 3 heteroatoms. The lowest BCUT2D eigenvalue weighted by atomic mass is 10.0. The summed E-state index contributed by atoms with van der Waals surface area (Å²) in [5.41, 5.74) is 5.61. The highest BCUT2D eigenvalue weighted by Gasteiger charge is 2.12. The number of unbranched alkanes of at least 4 members (excludes halogenated alkanes) is 13. The van der Waals surface area contributed by atoms with E-state index in [1.807, 2.05) is 0 Å². The monoisotopic (exact) mass is 362 g/mol. The average Bonchev–Trinajstić information content (AvgIpc) is 2.53. The summed E-state index contributed by atoms with van der Waals surface area (Å²) in [6.07, 6.45) is 21.4. The third-order valence-electron chi connectivity index (χ3n) is 5.08. The second kappa shape index (κ2) is 19.5. The van der Waals surface area contributed by atoms with E-state index in [9.17, 15) is 0 Å². The zero-order chi connectivity index (χ0) is 17.2. The van der Waals surface area contributed by atoms with Gasteiger partial charge in [0, 0.05) is 6.42 Å². The summed E-state index contributed by atoms with van der Waals surface area (Å²) in [5.74, 6) is 0. The number of rotatable bonds is 18. The van der Waals surface area contributed by atoms with Crippen molar-refractivity contribution in [1.29, 1.82) is 0 Å². The van der Waals surface area contributed by atoms with Crippen LogP contribution in [-0.4, -0.2) is 38.2 Å². The van der Waals surface area contributed by atoms with Crippen molar-refractivity contribution in [3.63, 3.8) is 0 Å². The Labute approximate surface area is 160 Å². The van der Waals surface area contributed by atoms with Gasteiger partial charge in [-0.1, -0.05) is 84.0 Å². The van der Waals surface area contributed by atoms with Crippen LogP contribution in [-0.2, 0) is 0 Å². The first-order valence-electron chi connectivity index (χ1n) is 10.6. The molecule has 2 N–H and O–H groups in total. The molecule has 0 atom stereocenters. The van der Waals surface area contributed by atoms with Crippen molar-refractivity contribution in [3.05, 3.63) is 0 Å². The van der Waals surface area contributed by atoms with Crippen LogP contribution in [0.2, 0.25) is 0 Å². The lowest BCUT2D eigenvalue weighted by molar-refractivity contribution is -0.890. The van der Waals surface area contributed by atoms with Crippen LogP contribution in [0.3, 0.4) is 0 Å². The molecule has 0 rings (SSSR count). The molecular formula is C21H47ClN2. The first-order valence-corrected chi connectivity index (χ1v) is 10.6. The largest absolute Gasteiger partial charge is 1.00 e. The van der Waals surface area contributed by atoms with Gasteiger partial charge < -0.3 is 22.6 Å². The van der Waals surface area contributed by atoms with Crippen molar-refractivity contribution in [2.24, 2.45) is 5.73 Å². The van der Waals surface area contributed by atoms with Crippen molar-refractivity contribution in [2.45, 2.75) is 103 Å². The van der Waals surface area contributed by atoms with Crippen LogP contribution in [0.15, 0.2) is 0 Å². The second-order valence-electron chi connectivity index (χ2n) is 8.12. The SMILES string of the molecule is CCCCCCCCCCCCCCCC[N+](C)(C)CCCN.[Cl-]. The Hall–Kier alpha value is 0.210. The maximum Gasteiger partial charge on any atom is 0.0794 e. The lowest BCUT2D eigenvalue weighted by Gasteiger charge is -2.29. The fraction of sp³-hybridized carbons (Fsp3) is 1.00. The minimum absolute atomic E-state index is 0. The first-order chi connectivity index (χ1) is 11.1. The van der Waals surface area contributed by atoms with E-state index in [0.717, 1.165) is 17.4 Å². The van der Waals surface area contributed by atoms with Crippen LogP contribution in [0.25, 0.3) is 0 Å². The van der Waals surface area contributed by atoms with Gasteiger partial charge in [-0.05, 0) is 19.4 Å². The van der Waals surface area contributed by atoms with E-state index < -0.39 is 0 Å². The van der Waals surface area contributed by atoms with E-state index in [1.165, 1.54) is 103 Å². The second-order valence-corrected chi connectivity index (χ2v) is 8.12. The predicted molar refractivity (Wildman–Crippen MR) is 106 cm³/mol. The van der Waals surface area contributed by atoms with Gasteiger partial charge >= 0.3 is 0 Å². The summed E-state index contributed by atoms with van der Waals surface area (Å²) in [5, 5.41) is 0. The summed E-state index contributed by atoms with van der Waals surface area (Å²) < 4.78 is 1.15. The van der Waals surface area contributed by atoms with Gasteiger partial charge in [-0.3, -0.25) is 0 Å². The first kappa shape index (κ1) is 26.4. The van der Waals surface area contributed by atoms with Crippen molar-refractivity contribution in [1.82, 2.24) is 0 Å². The number of hydrogen-bond acceptors (Lipinski definition) is 1. The lowest BCUT2D eigenvalue weighted by Crippen LogP contribution is -3.00. The van der Waals surface area contributed by atoms with Gasteiger partial charge in [0.05, 0.1) is 27.2 Å². The molecule has 0 saturated carbocycles. The standard InChI is InChI=1S/C21H47N2.ClH/c1-4-5-6-7-8-9-10-11-12-13-14-15-16-17-20-23(2,3)21-18-19-22;/h4-22H2,1-3H3;1H/q+1;/p-1. The van der Waals surface area contributed by atoms with Crippen LogP contribution < -0.4 is 18.1 Å². The Bertz CT molecular complexity index is 232. The molecule has 0 heterocycles. The topological polar surface area (TPSA) is 26.0 Å². The Morgan fingerprint density at radius 2 is 0.875 bits per heavy atom. The zero-order valence-electron chi connectivity index (χ0n) is 17.1. The summed E-state index contributed by atoms with van der Waals surface area (Å²) in [6, 6.07) is 0. The average molecular weight is 363 g/mol. The molecule has 0 aliphatic heterocycles. The highest BCUT2D eigenvalue weighted by molar-refractivity contribution is 4.49. The quantitative estimate of drug-likeness (QED) is 0.294. The molecule has 0 aliphatic rings. The van der Waals surface area contributed by atoms with Crippen LogP contribution in [0, 0.1) is 0 Å². The zero-order valence-corrected chi connectivity index (χ0v) is 17.9. The molecule has 0 aromatic heterocycles. The summed E-state index contributed by atoms with van der Waals surface area (Å²) in [4.78, 5) is 0. The predicted octanol–water partition coefficient (Wildman–Crippen LogP) is 2.90. The Morgan fingerprint density at radius 3 is 1.25 bits per heavy atom. The number of halogens is 1. The van der Waals surface area contributed by atoms with Crippen molar-refractivity contribution in [3.8, 4) is 0 Å². The van der Waals surface area contributed by atoms with E-state index in [4.69, 9.17) is 5.73 Å². The molecule has 2 nitrogen and oxygen atoms in total. The molecule has 0 aromatic rings. The van der Waals surface area contributed by atoms with Gasteiger partial charge in [-0.25, -0.2) is 0 Å². The van der Waals surface area contributed by atoms with Crippen molar-refractivity contribution >= 4 is 0 Å². The van der Waals surface area contributed by atoms with Gasteiger partial charge in [0.25, 0.3) is 0 Å².